The Morgan fingerprint density at radius 3 is 3.11 bits per heavy atom. The summed E-state index contributed by atoms with van der Waals surface area (Å²) in [7, 11) is 0. The second-order valence-corrected chi connectivity index (χ2v) is 4.81. The molecule has 0 radical (unpaired) electrons. The number of aryl methyl sites for hydroxylation is 1. The van der Waals surface area contributed by atoms with E-state index < -0.39 is 0 Å². The molecule has 19 heavy (non-hydrogen) atoms. The summed E-state index contributed by atoms with van der Waals surface area (Å²) in [5.41, 5.74) is 3.20. The van der Waals surface area contributed by atoms with Gasteiger partial charge in [-0.15, -0.1) is 5.10 Å². The zero-order valence-electron chi connectivity index (χ0n) is 10.9. The van der Waals surface area contributed by atoms with Crippen LogP contribution in [0.2, 0.25) is 0 Å². The van der Waals surface area contributed by atoms with E-state index in [4.69, 9.17) is 4.74 Å². The fourth-order valence-corrected chi connectivity index (χ4v) is 2.31. The summed E-state index contributed by atoms with van der Waals surface area (Å²) >= 11 is 0. The van der Waals surface area contributed by atoms with Gasteiger partial charge in [0.05, 0.1) is 12.3 Å². The fraction of sp³-hybridized carbons (Fsp3) is 0.462. The second-order valence-electron chi connectivity index (χ2n) is 4.81. The zero-order valence-corrected chi connectivity index (χ0v) is 10.9. The normalized spacial score (nSPS) is 19.3. The van der Waals surface area contributed by atoms with Crippen molar-refractivity contribution in [1.29, 1.82) is 0 Å². The predicted molar refractivity (Wildman–Crippen MR) is 71.4 cm³/mol. The van der Waals surface area contributed by atoms with Crippen LogP contribution in [0, 0.1) is 6.92 Å². The number of nitrogens with one attached hydrogen (secondary N) is 1. The summed E-state index contributed by atoms with van der Waals surface area (Å²) in [5, 5.41) is 14.8. The predicted octanol–water partition coefficient (Wildman–Crippen LogP) is 1.56. The highest BCUT2D eigenvalue weighted by atomic mass is 16.5. The molecule has 1 atom stereocenters. The van der Waals surface area contributed by atoms with Crippen LogP contribution in [-0.2, 0) is 4.74 Å². The summed E-state index contributed by atoms with van der Waals surface area (Å²) in [6.45, 7) is 3.69. The molecule has 1 fully saturated rings. The van der Waals surface area contributed by atoms with Crippen LogP contribution in [0.4, 0.5) is 5.69 Å². The Morgan fingerprint density at radius 2 is 2.37 bits per heavy atom. The van der Waals surface area contributed by atoms with E-state index in [0.29, 0.717) is 6.04 Å². The van der Waals surface area contributed by atoms with E-state index in [2.05, 4.69) is 39.0 Å². The van der Waals surface area contributed by atoms with Crippen LogP contribution in [0.25, 0.3) is 5.69 Å². The molecule has 1 unspecified atom stereocenters. The number of benzene rings is 1. The Bertz CT molecular complexity index is 534. The molecule has 100 valence electrons. The first kappa shape index (κ1) is 12.1. The third kappa shape index (κ3) is 2.73. The van der Waals surface area contributed by atoms with Gasteiger partial charge < -0.3 is 10.1 Å². The first-order valence-corrected chi connectivity index (χ1v) is 6.51. The number of hydrogen-bond acceptors (Lipinski definition) is 5. The Labute approximate surface area is 111 Å². The second kappa shape index (κ2) is 5.36. The van der Waals surface area contributed by atoms with E-state index in [1.54, 1.807) is 11.0 Å². The summed E-state index contributed by atoms with van der Waals surface area (Å²) in [6.07, 6.45) is 3.87. The lowest BCUT2D eigenvalue weighted by Crippen LogP contribution is -2.29. The number of aromatic nitrogens is 4. The molecular weight excluding hydrogens is 242 g/mol. The molecule has 0 spiro atoms. The van der Waals surface area contributed by atoms with Crippen molar-refractivity contribution >= 4 is 5.69 Å². The van der Waals surface area contributed by atoms with Crippen molar-refractivity contribution in [2.24, 2.45) is 0 Å². The van der Waals surface area contributed by atoms with Crippen molar-refractivity contribution in [2.75, 3.05) is 18.5 Å². The number of anilines is 1. The Kier molecular flexibility index (Phi) is 3.41. The summed E-state index contributed by atoms with van der Waals surface area (Å²) in [5.74, 6) is 0. The SMILES string of the molecule is Cc1ccc(NC2CCCOC2)cc1-n1cnnn1. The molecule has 1 saturated heterocycles. The Balaban J connectivity index is 1.81. The van der Waals surface area contributed by atoms with Gasteiger partial charge in [0.2, 0.25) is 0 Å². The van der Waals surface area contributed by atoms with Gasteiger partial charge in [0.1, 0.15) is 6.33 Å². The largest absolute Gasteiger partial charge is 0.380 e. The first-order valence-electron chi connectivity index (χ1n) is 6.51. The minimum Gasteiger partial charge on any atom is -0.380 e. The van der Waals surface area contributed by atoms with Gasteiger partial charge in [-0.1, -0.05) is 6.07 Å². The van der Waals surface area contributed by atoms with Gasteiger partial charge >= 0.3 is 0 Å². The molecule has 0 aliphatic carbocycles. The molecule has 1 aliphatic heterocycles. The van der Waals surface area contributed by atoms with Gasteiger partial charge in [-0.2, -0.15) is 0 Å². The average Bonchev–Trinajstić information content (AvgIpc) is 2.96. The van der Waals surface area contributed by atoms with Crippen molar-refractivity contribution < 1.29 is 4.74 Å². The van der Waals surface area contributed by atoms with Crippen LogP contribution in [-0.4, -0.2) is 39.5 Å². The van der Waals surface area contributed by atoms with Crippen LogP contribution >= 0.6 is 0 Å². The Hall–Kier alpha value is -1.95. The maximum atomic E-state index is 5.48. The minimum atomic E-state index is 0.387. The lowest BCUT2D eigenvalue weighted by atomic mass is 10.1. The molecular formula is C13H17N5O. The standard InChI is InChI=1S/C13H17N5O/c1-10-4-5-11(15-12-3-2-6-19-8-12)7-13(10)18-9-14-16-17-18/h4-5,7,9,12,15H,2-3,6,8H2,1H3. The molecule has 6 nitrogen and oxygen atoms in total. The average molecular weight is 259 g/mol. The number of nitrogens with zero attached hydrogens (tertiary/aromatic N) is 4. The molecule has 1 aromatic heterocycles. The van der Waals surface area contributed by atoms with Crippen LogP contribution in [0.3, 0.4) is 0 Å². The molecule has 1 aliphatic rings. The van der Waals surface area contributed by atoms with Crippen LogP contribution in [0.15, 0.2) is 24.5 Å². The molecule has 0 bridgehead atoms. The third-order valence-electron chi connectivity index (χ3n) is 3.34. The van der Waals surface area contributed by atoms with E-state index in [1.807, 2.05) is 6.92 Å². The van der Waals surface area contributed by atoms with Crippen molar-refractivity contribution in [3.05, 3.63) is 30.1 Å². The van der Waals surface area contributed by atoms with Gasteiger partial charge in [-0.05, 0) is 47.9 Å². The van der Waals surface area contributed by atoms with E-state index in [1.165, 1.54) is 0 Å². The van der Waals surface area contributed by atoms with Crippen molar-refractivity contribution in [3.63, 3.8) is 0 Å². The summed E-state index contributed by atoms with van der Waals surface area (Å²) in [6, 6.07) is 6.61. The molecule has 3 rings (SSSR count). The summed E-state index contributed by atoms with van der Waals surface area (Å²) < 4.78 is 7.16. The lowest BCUT2D eigenvalue weighted by molar-refractivity contribution is 0.0876. The molecule has 2 aromatic rings. The zero-order chi connectivity index (χ0) is 13.1. The Morgan fingerprint density at radius 1 is 1.42 bits per heavy atom. The maximum Gasteiger partial charge on any atom is 0.143 e. The van der Waals surface area contributed by atoms with E-state index in [0.717, 1.165) is 43.0 Å². The highest BCUT2D eigenvalue weighted by Crippen LogP contribution is 2.20. The number of hydrogen-bond donors (Lipinski definition) is 1. The van der Waals surface area contributed by atoms with Crippen LogP contribution < -0.4 is 5.32 Å². The quantitative estimate of drug-likeness (QED) is 0.906. The molecule has 0 saturated carbocycles. The molecule has 2 heterocycles. The van der Waals surface area contributed by atoms with E-state index >= 15 is 0 Å². The van der Waals surface area contributed by atoms with Gasteiger partial charge in [0.25, 0.3) is 0 Å². The highest BCUT2D eigenvalue weighted by Gasteiger charge is 2.14. The van der Waals surface area contributed by atoms with E-state index in [-0.39, 0.29) is 0 Å². The number of tetrazole rings is 1. The van der Waals surface area contributed by atoms with Crippen molar-refractivity contribution in [2.45, 2.75) is 25.8 Å². The summed E-state index contributed by atoms with van der Waals surface area (Å²) in [4.78, 5) is 0. The van der Waals surface area contributed by atoms with Crippen molar-refractivity contribution in [3.8, 4) is 5.69 Å². The van der Waals surface area contributed by atoms with Crippen LogP contribution in [0.1, 0.15) is 18.4 Å². The first-order chi connectivity index (χ1) is 9.33. The van der Waals surface area contributed by atoms with Gasteiger partial charge in [0, 0.05) is 18.3 Å². The number of rotatable bonds is 3. The molecule has 1 aromatic carbocycles. The monoisotopic (exact) mass is 259 g/mol. The minimum absolute atomic E-state index is 0.387. The van der Waals surface area contributed by atoms with Gasteiger partial charge in [0.15, 0.2) is 0 Å². The highest BCUT2D eigenvalue weighted by molar-refractivity contribution is 5.55. The maximum absolute atomic E-state index is 5.48. The molecule has 1 N–H and O–H groups in total. The topological polar surface area (TPSA) is 64.9 Å². The fourth-order valence-electron chi connectivity index (χ4n) is 2.31. The van der Waals surface area contributed by atoms with Gasteiger partial charge in [-0.3, -0.25) is 0 Å². The van der Waals surface area contributed by atoms with E-state index in [9.17, 15) is 0 Å². The lowest BCUT2D eigenvalue weighted by Gasteiger charge is -2.24. The van der Waals surface area contributed by atoms with Crippen molar-refractivity contribution in [1.82, 2.24) is 20.2 Å². The van der Waals surface area contributed by atoms with Crippen LogP contribution in [0.5, 0.6) is 0 Å². The van der Waals surface area contributed by atoms with Gasteiger partial charge in [-0.25, -0.2) is 4.68 Å². The molecule has 0 amide bonds. The molecule has 6 heteroatoms. The third-order valence-corrected chi connectivity index (χ3v) is 3.34. The smallest absolute Gasteiger partial charge is 0.143 e. The number of ether oxygens (including phenoxy) is 1.